The highest BCUT2D eigenvalue weighted by atomic mass is 35.5. The van der Waals surface area contributed by atoms with Gasteiger partial charge in [-0.3, -0.25) is 9.52 Å². The van der Waals surface area contributed by atoms with Crippen molar-refractivity contribution in [1.29, 1.82) is 0 Å². The molecule has 2 aromatic heterocycles. The number of benzene rings is 2. The second-order valence-electron chi connectivity index (χ2n) is 6.43. The molecule has 0 radical (unpaired) electrons. The Bertz CT molecular complexity index is 1380. The number of para-hydroxylation sites is 1. The van der Waals surface area contributed by atoms with Crippen molar-refractivity contribution in [3.8, 4) is 0 Å². The number of anilines is 1. The van der Waals surface area contributed by atoms with Crippen LogP contribution >= 0.6 is 23.4 Å². The van der Waals surface area contributed by atoms with Crippen molar-refractivity contribution in [3.05, 3.63) is 87.5 Å². The molecule has 0 fully saturated rings. The normalized spacial score (nSPS) is 11.7. The number of hydrogen-bond donors (Lipinski definition) is 1. The van der Waals surface area contributed by atoms with Gasteiger partial charge in [0.1, 0.15) is 5.76 Å². The van der Waals surface area contributed by atoms with E-state index < -0.39 is 10.0 Å². The summed E-state index contributed by atoms with van der Waals surface area (Å²) < 4.78 is 34.4. The number of rotatable bonds is 6. The summed E-state index contributed by atoms with van der Waals surface area (Å²) in [6.45, 7) is 1.74. The van der Waals surface area contributed by atoms with Crippen LogP contribution in [0.3, 0.4) is 0 Å². The molecule has 0 aliphatic rings. The van der Waals surface area contributed by atoms with Crippen molar-refractivity contribution in [2.45, 2.75) is 22.5 Å². The fourth-order valence-corrected chi connectivity index (χ4v) is 4.96. The molecule has 0 bridgehead atoms. The zero-order chi connectivity index (χ0) is 21.3. The lowest BCUT2D eigenvalue weighted by atomic mass is 10.3. The van der Waals surface area contributed by atoms with Gasteiger partial charge in [-0.05, 0) is 43.3 Å². The lowest BCUT2D eigenvalue weighted by Gasteiger charge is -2.12. The minimum absolute atomic E-state index is 0.113. The van der Waals surface area contributed by atoms with Crippen molar-refractivity contribution >= 4 is 44.7 Å². The number of aryl methyl sites for hydroxylation is 1. The largest absolute Gasteiger partial charge is 0.375 e. The third-order valence-corrected chi connectivity index (χ3v) is 6.90. The van der Waals surface area contributed by atoms with Crippen LogP contribution in [-0.4, -0.2) is 18.0 Å². The van der Waals surface area contributed by atoms with Crippen molar-refractivity contribution in [2.24, 2.45) is 0 Å². The molecule has 2 aromatic carbocycles. The maximum absolute atomic E-state index is 12.7. The van der Waals surface area contributed by atoms with E-state index in [2.05, 4.69) is 9.71 Å². The van der Waals surface area contributed by atoms with Gasteiger partial charge in [0.15, 0.2) is 5.65 Å². The van der Waals surface area contributed by atoms with Crippen LogP contribution in [0.25, 0.3) is 5.65 Å². The summed E-state index contributed by atoms with van der Waals surface area (Å²) in [5.41, 5.74) is 1.14. The van der Waals surface area contributed by atoms with Crippen LogP contribution in [0.5, 0.6) is 0 Å². The van der Waals surface area contributed by atoms with Crippen molar-refractivity contribution in [3.63, 3.8) is 0 Å². The van der Waals surface area contributed by atoms with Gasteiger partial charge in [0.25, 0.3) is 15.6 Å². The first-order valence-corrected chi connectivity index (χ1v) is 11.7. The number of hydrogen-bond acceptors (Lipinski definition) is 6. The van der Waals surface area contributed by atoms with E-state index in [9.17, 15) is 13.2 Å². The van der Waals surface area contributed by atoms with Gasteiger partial charge in [0.2, 0.25) is 0 Å². The molecular weight excluding hydrogens is 446 g/mol. The fraction of sp³-hybridized carbons (Fsp3) is 0.100. The maximum Gasteiger partial charge on any atom is 0.287 e. The molecule has 30 heavy (non-hydrogen) atoms. The highest BCUT2D eigenvalue weighted by molar-refractivity contribution is 7.98. The summed E-state index contributed by atoms with van der Waals surface area (Å²) in [5.74, 6) is 0.974. The highest BCUT2D eigenvalue weighted by Crippen LogP contribution is 2.31. The fourth-order valence-electron chi connectivity index (χ4n) is 2.79. The third-order valence-electron chi connectivity index (χ3n) is 4.16. The van der Waals surface area contributed by atoms with Gasteiger partial charge in [-0.25, -0.2) is 13.4 Å². The topological polar surface area (TPSA) is 93.7 Å². The maximum atomic E-state index is 12.7. The van der Waals surface area contributed by atoms with E-state index in [1.807, 2.05) is 6.07 Å². The zero-order valence-electron chi connectivity index (χ0n) is 15.7. The number of aromatic nitrogens is 2. The van der Waals surface area contributed by atoms with E-state index in [-0.39, 0.29) is 10.5 Å². The molecule has 4 rings (SSSR count). The first kappa shape index (κ1) is 20.5. The van der Waals surface area contributed by atoms with Crippen molar-refractivity contribution in [2.75, 3.05) is 4.72 Å². The van der Waals surface area contributed by atoms with E-state index >= 15 is 0 Å². The lowest BCUT2D eigenvalue weighted by Crippen LogP contribution is -2.14. The average molecular weight is 462 g/mol. The quantitative estimate of drug-likeness (QED) is 0.429. The van der Waals surface area contributed by atoms with Crippen molar-refractivity contribution in [1.82, 2.24) is 9.56 Å². The first-order valence-electron chi connectivity index (χ1n) is 8.82. The van der Waals surface area contributed by atoms with E-state index in [1.54, 1.807) is 31.2 Å². The summed E-state index contributed by atoms with van der Waals surface area (Å²) in [6.07, 6.45) is 0. The number of halogens is 1. The van der Waals surface area contributed by atoms with Crippen LogP contribution in [0.2, 0.25) is 5.02 Å². The standard InChI is InChI=1S/C20H16ClN3O4S2/c1-13-10-19-22-15(11-20(25)24(19)28-13)12-29-18-5-3-2-4-17(18)23-30(26,27)16-8-6-14(21)7-9-16/h2-11,23H,12H2,1H3. The molecule has 0 amide bonds. The molecule has 0 unspecified atom stereocenters. The number of thioether (sulfide) groups is 1. The van der Waals surface area contributed by atoms with Crippen LogP contribution in [0, 0.1) is 6.92 Å². The second kappa shape index (κ2) is 8.17. The number of nitrogens with one attached hydrogen (secondary N) is 1. The van der Waals surface area contributed by atoms with Crippen LogP contribution in [0.15, 0.2) is 79.8 Å². The molecule has 10 heteroatoms. The van der Waals surface area contributed by atoms with Crippen LogP contribution in [0.1, 0.15) is 11.5 Å². The average Bonchev–Trinajstić information content (AvgIpc) is 3.08. The SMILES string of the molecule is Cc1cc2nc(CSc3ccccc3NS(=O)(=O)c3ccc(Cl)cc3)cc(=O)n2o1. The number of sulfonamides is 1. The molecule has 154 valence electrons. The molecule has 7 nitrogen and oxygen atoms in total. The highest BCUT2D eigenvalue weighted by Gasteiger charge is 2.16. The van der Waals surface area contributed by atoms with Gasteiger partial charge < -0.3 is 4.52 Å². The summed E-state index contributed by atoms with van der Waals surface area (Å²) >= 11 is 7.21. The Morgan fingerprint density at radius 3 is 2.63 bits per heavy atom. The predicted molar refractivity (Wildman–Crippen MR) is 117 cm³/mol. The molecule has 0 aliphatic carbocycles. The molecule has 2 heterocycles. The summed E-state index contributed by atoms with van der Waals surface area (Å²) in [6, 6.07) is 16.1. The van der Waals surface area contributed by atoms with Crippen LogP contribution in [-0.2, 0) is 15.8 Å². The van der Waals surface area contributed by atoms with Gasteiger partial charge in [-0.15, -0.1) is 16.3 Å². The Morgan fingerprint density at radius 1 is 1.13 bits per heavy atom. The van der Waals surface area contributed by atoms with Gasteiger partial charge in [-0.2, -0.15) is 0 Å². The second-order valence-corrected chi connectivity index (χ2v) is 9.56. The molecule has 4 aromatic rings. The Kier molecular flexibility index (Phi) is 5.59. The molecule has 0 spiro atoms. The Hall–Kier alpha value is -2.75. The first-order chi connectivity index (χ1) is 14.3. The van der Waals surface area contributed by atoms with Crippen LogP contribution < -0.4 is 10.3 Å². The lowest BCUT2D eigenvalue weighted by molar-refractivity contribution is 0.344. The Morgan fingerprint density at radius 2 is 1.87 bits per heavy atom. The third kappa shape index (κ3) is 4.38. The minimum atomic E-state index is -3.77. The Balaban J connectivity index is 1.56. The molecule has 1 N–H and O–H groups in total. The van der Waals surface area contributed by atoms with Gasteiger partial charge in [0.05, 0.1) is 16.3 Å². The number of fused-ring (bicyclic) bond motifs is 1. The van der Waals surface area contributed by atoms with Gasteiger partial charge >= 0.3 is 0 Å². The number of nitrogens with zero attached hydrogens (tertiary/aromatic N) is 2. The summed E-state index contributed by atoms with van der Waals surface area (Å²) in [5, 5.41) is 0.457. The zero-order valence-corrected chi connectivity index (χ0v) is 18.1. The van der Waals surface area contributed by atoms with Crippen molar-refractivity contribution < 1.29 is 12.9 Å². The predicted octanol–water partition coefficient (Wildman–Crippen LogP) is 4.34. The molecule has 0 aliphatic heterocycles. The molecule has 0 saturated carbocycles. The van der Waals surface area contributed by atoms with Crippen LogP contribution in [0.4, 0.5) is 5.69 Å². The summed E-state index contributed by atoms with van der Waals surface area (Å²) in [4.78, 5) is 17.4. The van der Waals surface area contributed by atoms with E-state index in [4.69, 9.17) is 16.1 Å². The summed E-state index contributed by atoms with van der Waals surface area (Å²) in [7, 11) is -3.77. The molecule has 0 atom stereocenters. The minimum Gasteiger partial charge on any atom is -0.375 e. The molecular formula is C20H16ClN3O4S2. The van der Waals surface area contributed by atoms with Gasteiger partial charge in [-0.1, -0.05) is 23.7 Å². The van der Waals surface area contributed by atoms with E-state index in [0.717, 1.165) is 4.57 Å². The van der Waals surface area contributed by atoms with E-state index in [0.29, 0.717) is 38.5 Å². The smallest absolute Gasteiger partial charge is 0.287 e. The monoisotopic (exact) mass is 461 g/mol. The molecule has 0 saturated heterocycles. The Labute approximate surface area is 181 Å². The van der Waals surface area contributed by atoms with E-state index in [1.165, 1.54) is 42.1 Å². The van der Waals surface area contributed by atoms with Gasteiger partial charge in [0, 0.05) is 27.8 Å².